The minimum absolute atomic E-state index is 0.0373. The van der Waals surface area contributed by atoms with Gasteiger partial charge in [0, 0.05) is 43.1 Å². The van der Waals surface area contributed by atoms with Crippen LogP contribution in [0.1, 0.15) is 23.2 Å². The van der Waals surface area contributed by atoms with Crippen molar-refractivity contribution in [1.29, 1.82) is 0 Å². The standard InChI is InChI=1S/C19H18BrN5O/c20-14-10-22-19(23-11-14)24-12-15-6-3-9-25(15)18(26)16-7-1-4-13-5-2-8-21-17(13)16/h1-2,4-5,7-8,10-11,15H,3,6,9,12H2,(H,22,23,24)/t15-/m0/s1. The van der Waals surface area contributed by atoms with Gasteiger partial charge in [-0.1, -0.05) is 18.2 Å². The molecule has 132 valence electrons. The lowest BCUT2D eigenvalue weighted by Crippen LogP contribution is -2.39. The third kappa shape index (κ3) is 3.39. The molecule has 4 rings (SSSR count). The third-order valence-electron chi connectivity index (χ3n) is 4.62. The Morgan fingerprint density at radius 3 is 2.85 bits per heavy atom. The summed E-state index contributed by atoms with van der Waals surface area (Å²) in [6.45, 7) is 1.39. The number of halogens is 1. The smallest absolute Gasteiger partial charge is 0.256 e. The molecule has 7 heteroatoms. The van der Waals surface area contributed by atoms with Crippen LogP contribution < -0.4 is 5.32 Å². The summed E-state index contributed by atoms with van der Waals surface area (Å²) in [5.41, 5.74) is 1.42. The number of carbonyl (C=O) groups excluding carboxylic acids is 1. The van der Waals surface area contributed by atoms with Crippen LogP contribution in [0.2, 0.25) is 0 Å². The van der Waals surface area contributed by atoms with Crippen molar-refractivity contribution >= 4 is 38.7 Å². The number of amides is 1. The summed E-state index contributed by atoms with van der Waals surface area (Å²) in [7, 11) is 0. The van der Waals surface area contributed by atoms with E-state index in [2.05, 4.69) is 36.2 Å². The van der Waals surface area contributed by atoms with E-state index in [1.807, 2.05) is 35.2 Å². The van der Waals surface area contributed by atoms with E-state index in [0.717, 1.165) is 34.8 Å². The van der Waals surface area contributed by atoms with E-state index in [1.165, 1.54) is 0 Å². The molecule has 0 aliphatic carbocycles. The Labute approximate surface area is 159 Å². The average Bonchev–Trinajstić information content (AvgIpc) is 3.15. The highest BCUT2D eigenvalue weighted by Crippen LogP contribution is 2.24. The highest BCUT2D eigenvalue weighted by molar-refractivity contribution is 9.10. The largest absolute Gasteiger partial charge is 0.352 e. The van der Waals surface area contributed by atoms with Crippen molar-refractivity contribution in [2.24, 2.45) is 0 Å². The lowest BCUT2D eigenvalue weighted by Gasteiger charge is -2.25. The minimum Gasteiger partial charge on any atom is -0.352 e. The van der Waals surface area contributed by atoms with E-state index in [0.29, 0.717) is 18.1 Å². The van der Waals surface area contributed by atoms with Gasteiger partial charge in [0.2, 0.25) is 5.95 Å². The number of pyridine rings is 1. The first-order valence-electron chi connectivity index (χ1n) is 8.58. The van der Waals surface area contributed by atoms with Gasteiger partial charge in [0.1, 0.15) is 0 Å². The fraction of sp³-hybridized carbons (Fsp3) is 0.263. The molecule has 1 aliphatic heterocycles. The van der Waals surface area contributed by atoms with Gasteiger partial charge in [-0.2, -0.15) is 0 Å². The van der Waals surface area contributed by atoms with Gasteiger partial charge >= 0.3 is 0 Å². The lowest BCUT2D eigenvalue weighted by atomic mass is 10.1. The van der Waals surface area contributed by atoms with Gasteiger partial charge in [0.25, 0.3) is 5.91 Å². The molecule has 1 fully saturated rings. The van der Waals surface area contributed by atoms with Crippen molar-refractivity contribution in [3.8, 4) is 0 Å². The van der Waals surface area contributed by atoms with Gasteiger partial charge in [-0.25, -0.2) is 9.97 Å². The topological polar surface area (TPSA) is 71.0 Å². The van der Waals surface area contributed by atoms with E-state index in [-0.39, 0.29) is 11.9 Å². The molecule has 1 N–H and O–H groups in total. The molecule has 1 aromatic carbocycles. The maximum Gasteiger partial charge on any atom is 0.256 e. The van der Waals surface area contributed by atoms with Crippen LogP contribution in [0.3, 0.4) is 0 Å². The van der Waals surface area contributed by atoms with Gasteiger partial charge in [0.05, 0.1) is 15.6 Å². The number of carbonyl (C=O) groups is 1. The van der Waals surface area contributed by atoms with Crippen molar-refractivity contribution in [2.75, 3.05) is 18.4 Å². The predicted octanol–water partition coefficient (Wildman–Crippen LogP) is 3.50. The monoisotopic (exact) mass is 411 g/mol. The van der Waals surface area contributed by atoms with Crippen molar-refractivity contribution in [3.63, 3.8) is 0 Å². The third-order valence-corrected chi connectivity index (χ3v) is 5.03. The van der Waals surface area contributed by atoms with Gasteiger partial charge < -0.3 is 10.2 Å². The number of rotatable bonds is 4. The number of aromatic nitrogens is 3. The molecule has 3 aromatic rings. The highest BCUT2D eigenvalue weighted by Gasteiger charge is 2.30. The number of para-hydroxylation sites is 1. The molecule has 0 radical (unpaired) electrons. The highest BCUT2D eigenvalue weighted by atomic mass is 79.9. The molecule has 0 spiro atoms. The van der Waals surface area contributed by atoms with E-state index < -0.39 is 0 Å². The molecular formula is C19H18BrN5O. The number of nitrogens with one attached hydrogen (secondary N) is 1. The Morgan fingerprint density at radius 1 is 1.19 bits per heavy atom. The van der Waals surface area contributed by atoms with Crippen LogP contribution in [0.25, 0.3) is 10.9 Å². The van der Waals surface area contributed by atoms with Gasteiger partial charge in [0.15, 0.2) is 0 Å². The molecule has 2 aromatic heterocycles. The summed E-state index contributed by atoms with van der Waals surface area (Å²) in [6, 6.07) is 9.74. The summed E-state index contributed by atoms with van der Waals surface area (Å²) >= 11 is 3.33. The quantitative estimate of drug-likeness (QED) is 0.710. The van der Waals surface area contributed by atoms with Gasteiger partial charge in [-0.05, 0) is 40.9 Å². The molecule has 1 atom stereocenters. The number of hydrogen-bond donors (Lipinski definition) is 1. The van der Waals surface area contributed by atoms with Crippen LogP contribution in [-0.4, -0.2) is 44.9 Å². The summed E-state index contributed by atoms with van der Waals surface area (Å²) in [6.07, 6.45) is 7.10. The van der Waals surface area contributed by atoms with E-state index >= 15 is 0 Å². The van der Waals surface area contributed by atoms with Crippen molar-refractivity contribution in [3.05, 3.63) is 59.0 Å². The number of likely N-dealkylation sites (tertiary alicyclic amines) is 1. The molecular weight excluding hydrogens is 394 g/mol. The van der Waals surface area contributed by atoms with Crippen molar-refractivity contribution in [1.82, 2.24) is 19.9 Å². The summed E-state index contributed by atoms with van der Waals surface area (Å²) < 4.78 is 0.837. The average molecular weight is 412 g/mol. The number of nitrogens with zero attached hydrogens (tertiary/aromatic N) is 4. The molecule has 3 heterocycles. The first kappa shape index (κ1) is 16.9. The second kappa shape index (κ2) is 7.37. The molecule has 0 unspecified atom stereocenters. The molecule has 0 saturated carbocycles. The molecule has 0 bridgehead atoms. The zero-order valence-corrected chi connectivity index (χ0v) is 15.7. The fourth-order valence-electron chi connectivity index (χ4n) is 3.36. The Morgan fingerprint density at radius 2 is 2.00 bits per heavy atom. The first-order chi connectivity index (χ1) is 12.7. The van der Waals surface area contributed by atoms with Crippen LogP contribution in [0.5, 0.6) is 0 Å². The first-order valence-corrected chi connectivity index (χ1v) is 9.38. The predicted molar refractivity (Wildman–Crippen MR) is 104 cm³/mol. The molecule has 26 heavy (non-hydrogen) atoms. The van der Waals surface area contributed by atoms with Crippen LogP contribution >= 0.6 is 15.9 Å². The number of hydrogen-bond acceptors (Lipinski definition) is 5. The second-order valence-electron chi connectivity index (χ2n) is 6.28. The number of fused-ring (bicyclic) bond motifs is 1. The second-order valence-corrected chi connectivity index (χ2v) is 7.20. The number of benzene rings is 1. The zero-order chi connectivity index (χ0) is 17.9. The van der Waals surface area contributed by atoms with E-state index in [9.17, 15) is 4.79 Å². The SMILES string of the molecule is O=C(c1cccc2cccnc12)N1CCC[C@H]1CNc1ncc(Br)cn1. The minimum atomic E-state index is 0.0373. The Balaban J connectivity index is 1.52. The molecule has 1 aliphatic rings. The lowest BCUT2D eigenvalue weighted by molar-refractivity contribution is 0.0745. The van der Waals surface area contributed by atoms with Gasteiger partial charge in [-0.15, -0.1) is 0 Å². The van der Waals surface area contributed by atoms with Crippen molar-refractivity contribution < 1.29 is 4.79 Å². The van der Waals surface area contributed by atoms with Gasteiger partial charge in [-0.3, -0.25) is 9.78 Å². The van der Waals surface area contributed by atoms with Crippen LogP contribution in [0.4, 0.5) is 5.95 Å². The Hall–Kier alpha value is -2.54. The normalized spacial score (nSPS) is 16.8. The van der Waals surface area contributed by atoms with E-state index in [1.54, 1.807) is 18.6 Å². The molecule has 6 nitrogen and oxygen atoms in total. The van der Waals surface area contributed by atoms with Crippen LogP contribution in [0, 0.1) is 0 Å². The van der Waals surface area contributed by atoms with Crippen molar-refractivity contribution in [2.45, 2.75) is 18.9 Å². The number of anilines is 1. The molecule has 1 saturated heterocycles. The van der Waals surface area contributed by atoms with E-state index in [4.69, 9.17) is 0 Å². The van der Waals surface area contributed by atoms with Crippen LogP contribution in [-0.2, 0) is 0 Å². The van der Waals surface area contributed by atoms with Crippen LogP contribution in [0.15, 0.2) is 53.4 Å². The molecule has 1 amide bonds. The Kier molecular flexibility index (Phi) is 4.79. The Bertz CT molecular complexity index is 925. The zero-order valence-electron chi connectivity index (χ0n) is 14.1. The summed E-state index contributed by atoms with van der Waals surface area (Å²) in [5.74, 6) is 0.606. The summed E-state index contributed by atoms with van der Waals surface area (Å²) in [4.78, 5) is 28.0. The maximum atomic E-state index is 13.1. The summed E-state index contributed by atoms with van der Waals surface area (Å²) in [5, 5.41) is 4.22. The fourth-order valence-corrected chi connectivity index (χ4v) is 3.56. The maximum absolute atomic E-state index is 13.1.